The van der Waals surface area contributed by atoms with E-state index in [0.29, 0.717) is 9.47 Å². The monoisotopic (exact) mass is 495 g/mol. The minimum Gasteiger partial charge on any atom is -0.497 e. The molecule has 0 aliphatic carbocycles. The smallest absolute Gasteiger partial charge is 0.284 e. The number of sulfonamides is 1. The molecule has 0 bridgehead atoms. The van der Waals surface area contributed by atoms with Crippen LogP contribution in [0.25, 0.3) is 0 Å². The topological polar surface area (TPSA) is 128 Å². The van der Waals surface area contributed by atoms with Crippen molar-refractivity contribution in [1.82, 2.24) is 14.5 Å². The summed E-state index contributed by atoms with van der Waals surface area (Å²) in [6, 6.07) is 11.2. The maximum absolute atomic E-state index is 12.7. The average Bonchev–Trinajstić information content (AvgIpc) is 3.21. The first-order chi connectivity index (χ1) is 15.3. The molecule has 0 fully saturated rings. The van der Waals surface area contributed by atoms with Crippen molar-refractivity contribution in [3.05, 3.63) is 52.6 Å². The van der Waals surface area contributed by atoms with Gasteiger partial charge in [0.25, 0.3) is 5.69 Å². The van der Waals surface area contributed by atoms with Gasteiger partial charge in [-0.1, -0.05) is 25.2 Å². The summed E-state index contributed by atoms with van der Waals surface area (Å²) in [6.07, 6.45) is 0. The molecule has 3 rings (SSSR count). The van der Waals surface area contributed by atoms with Gasteiger partial charge in [-0.2, -0.15) is 4.31 Å². The quantitative estimate of drug-likeness (QED) is 0.322. The molecular formula is C19H21N5O5S3. The van der Waals surface area contributed by atoms with Crippen molar-refractivity contribution in [3.8, 4) is 5.75 Å². The van der Waals surface area contributed by atoms with Crippen LogP contribution >= 0.6 is 23.1 Å². The first-order valence-corrected chi connectivity index (χ1v) is 12.6. The van der Waals surface area contributed by atoms with E-state index < -0.39 is 14.9 Å². The minimum atomic E-state index is -3.81. The maximum Gasteiger partial charge on any atom is 0.284 e. The third kappa shape index (κ3) is 5.35. The molecule has 1 aromatic heterocycles. The molecule has 0 spiro atoms. The Morgan fingerprint density at radius 2 is 1.84 bits per heavy atom. The van der Waals surface area contributed by atoms with Gasteiger partial charge in [0.1, 0.15) is 5.75 Å². The van der Waals surface area contributed by atoms with Crippen molar-refractivity contribution >= 4 is 49.6 Å². The van der Waals surface area contributed by atoms with Gasteiger partial charge in [-0.15, -0.1) is 10.2 Å². The van der Waals surface area contributed by atoms with Crippen molar-refractivity contribution in [2.45, 2.75) is 28.0 Å². The molecule has 13 heteroatoms. The number of nitro benzene ring substituents is 1. The van der Waals surface area contributed by atoms with Crippen molar-refractivity contribution in [3.63, 3.8) is 0 Å². The Labute approximate surface area is 193 Å². The number of nitro groups is 1. The molecule has 0 aliphatic rings. The molecule has 3 aromatic rings. The van der Waals surface area contributed by atoms with Gasteiger partial charge in [0.15, 0.2) is 4.34 Å². The number of nitrogens with zero attached hydrogens (tertiary/aromatic N) is 4. The van der Waals surface area contributed by atoms with E-state index in [9.17, 15) is 18.5 Å². The zero-order valence-electron chi connectivity index (χ0n) is 17.5. The standard InChI is InChI=1S/C19H21N5O5S3/c1-4-23(5-2)32(27,28)15-10-11-17(16(12-15)24(25)26)30-19-22-21-18(31-19)20-13-6-8-14(29-3)9-7-13/h6-12H,4-5H2,1-3H3,(H,20,21). The Morgan fingerprint density at radius 1 is 1.16 bits per heavy atom. The Balaban J connectivity index is 1.82. The maximum atomic E-state index is 12.7. The fourth-order valence-corrected chi connectivity index (χ4v) is 6.09. The summed E-state index contributed by atoms with van der Waals surface area (Å²) in [7, 11) is -2.22. The number of ether oxygens (including phenoxy) is 1. The first kappa shape index (κ1) is 23.9. The molecule has 32 heavy (non-hydrogen) atoms. The Kier molecular flexibility index (Phi) is 7.66. The molecule has 2 aromatic carbocycles. The number of nitrogens with one attached hydrogen (secondary N) is 1. The molecule has 170 valence electrons. The van der Waals surface area contributed by atoms with E-state index in [4.69, 9.17) is 4.74 Å². The number of hydrogen-bond acceptors (Lipinski definition) is 10. The van der Waals surface area contributed by atoms with Crippen molar-refractivity contribution in [2.24, 2.45) is 0 Å². The highest BCUT2D eigenvalue weighted by atomic mass is 32.2. The highest BCUT2D eigenvalue weighted by Gasteiger charge is 2.26. The first-order valence-electron chi connectivity index (χ1n) is 9.49. The third-order valence-electron chi connectivity index (χ3n) is 4.42. The lowest BCUT2D eigenvalue weighted by molar-refractivity contribution is -0.388. The van der Waals surface area contributed by atoms with Crippen LogP contribution in [0.1, 0.15) is 13.8 Å². The van der Waals surface area contributed by atoms with Gasteiger partial charge >= 0.3 is 0 Å². The molecule has 0 radical (unpaired) electrons. The van der Waals surface area contributed by atoms with Gasteiger partial charge in [-0.05, 0) is 48.2 Å². The zero-order chi connectivity index (χ0) is 23.3. The molecule has 0 saturated heterocycles. The number of aromatic nitrogens is 2. The fraction of sp³-hybridized carbons (Fsp3) is 0.263. The summed E-state index contributed by atoms with van der Waals surface area (Å²) in [5.41, 5.74) is 0.485. The number of methoxy groups -OCH3 is 1. The second kappa shape index (κ2) is 10.3. The van der Waals surface area contributed by atoms with Gasteiger partial charge in [0.2, 0.25) is 15.2 Å². The van der Waals surface area contributed by atoms with Crippen LogP contribution in [0.15, 0.2) is 56.6 Å². The van der Waals surface area contributed by atoms with Crippen molar-refractivity contribution in [1.29, 1.82) is 0 Å². The molecule has 0 saturated carbocycles. The lowest BCUT2D eigenvalue weighted by atomic mass is 10.3. The predicted octanol–water partition coefficient (Wildman–Crippen LogP) is 4.38. The molecule has 1 heterocycles. The van der Waals surface area contributed by atoms with E-state index in [1.165, 1.54) is 27.8 Å². The SMILES string of the molecule is CCN(CC)S(=O)(=O)c1ccc(Sc2nnc(Nc3ccc(OC)cc3)s2)c([N+](=O)[O-])c1. The van der Waals surface area contributed by atoms with Crippen LogP contribution in [0.4, 0.5) is 16.5 Å². The van der Waals surface area contributed by atoms with Crippen LogP contribution in [0.5, 0.6) is 5.75 Å². The molecule has 0 amide bonds. The van der Waals surface area contributed by atoms with Crippen LogP contribution in [0.2, 0.25) is 0 Å². The number of anilines is 2. The van der Waals surface area contributed by atoms with Gasteiger partial charge in [0.05, 0.1) is 21.8 Å². The van der Waals surface area contributed by atoms with E-state index in [-0.39, 0.29) is 28.6 Å². The summed E-state index contributed by atoms with van der Waals surface area (Å²) in [5, 5.41) is 23.4. The van der Waals surface area contributed by atoms with E-state index in [2.05, 4.69) is 15.5 Å². The molecule has 0 atom stereocenters. The van der Waals surface area contributed by atoms with Crippen LogP contribution in [0, 0.1) is 10.1 Å². The molecule has 10 nitrogen and oxygen atoms in total. The molecule has 1 N–H and O–H groups in total. The van der Waals surface area contributed by atoms with Crippen LogP contribution in [-0.2, 0) is 10.0 Å². The van der Waals surface area contributed by atoms with Crippen molar-refractivity contribution in [2.75, 3.05) is 25.5 Å². The minimum absolute atomic E-state index is 0.114. The summed E-state index contributed by atoms with van der Waals surface area (Å²) in [6.45, 7) is 3.98. The highest BCUT2D eigenvalue weighted by molar-refractivity contribution is 8.01. The summed E-state index contributed by atoms with van der Waals surface area (Å²) in [5.74, 6) is 0.725. The van der Waals surface area contributed by atoms with E-state index in [1.807, 2.05) is 12.1 Å². The Bertz CT molecular complexity index is 1190. The van der Waals surface area contributed by atoms with Gasteiger partial charge in [0, 0.05) is 24.8 Å². The predicted molar refractivity (Wildman–Crippen MR) is 124 cm³/mol. The molecular weight excluding hydrogens is 474 g/mol. The van der Waals surface area contributed by atoms with Gasteiger partial charge in [-0.3, -0.25) is 10.1 Å². The summed E-state index contributed by atoms with van der Waals surface area (Å²) < 4.78 is 32.3. The molecule has 0 unspecified atom stereocenters. The van der Waals surface area contributed by atoms with Gasteiger partial charge in [-0.25, -0.2) is 8.42 Å². The number of benzene rings is 2. The van der Waals surface area contributed by atoms with E-state index in [1.54, 1.807) is 33.1 Å². The molecule has 0 aliphatic heterocycles. The largest absolute Gasteiger partial charge is 0.497 e. The van der Waals surface area contributed by atoms with Crippen LogP contribution in [-0.4, -0.2) is 48.0 Å². The highest BCUT2D eigenvalue weighted by Crippen LogP contribution is 2.39. The number of hydrogen-bond donors (Lipinski definition) is 1. The summed E-state index contributed by atoms with van der Waals surface area (Å²) >= 11 is 2.28. The normalized spacial score (nSPS) is 11.5. The number of rotatable bonds is 10. The lowest BCUT2D eigenvalue weighted by Gasteiger charge is -2.18. The third-order valence-corrected chi connectivity index (χ3v) is 8.42. The van der Waals surface area contributed by atoms with E-state index >= 15 is 0 Å². The summed E-state index contributed by atoms with van der Waals surface area (Å²) in [4.78, 5) is 11.2. The zero-order valence-corrected chi connectivity index (χ0v) is 20.0. The Hall–Kier alpha value is -2.74. The van der Waals surface area contributed by atoms with E-state index in [0.717, 1.165) is 29.3 Å². The second-order valence-electron chi connectivity index (χ2n) is 6.30. The fourth-order valence-electron chi connectivity index (χ4n) is 2.79. The second-order valence-corrected chi connectivity index (χ2v) is 10.5. The Morgan fingerprint density at radius 3 is 2.44 bits per heavy atom. The lowest BCUT2D eigenvalue weighted by Crippen LogP contribution is -2.30. The van der Waals surface area contributed by atoms with Crippen LogP contribution < -0.4 is 10.1 Å². The average molecular weight is 496 g/mol. The van der Waals surface area contributed by atoms with Gasteiger partial charge < -0.3 is 10.1 Å². The van der Waals surface area contributed by atoms with Crippen molar-refractivity contribution < 1.29 is 18.1 Å². The van der Waals surface area contributed by atoms with Crippen LogP contribution in [0.3, 0.4) is 0 Å².